The Balaban J connectivity index is 2.25. The number of hydrogen-bond donors (Lipinski definition) is 2. The second kappa shape index (κ2) is 4.20. The Labute approximate surface area is 109 Å². The molecule has 19 heavy (non-hydrogen) atoms. The van der Waals surface area contributed by atoms with Gasteiger partial charge in [0.1, 0.15) is 22.4 Å². The minimum atomic E-state index is 0.205. The Kier molecular flexibility index (Phi) is 2.52. The van der Waals surface area contributed by atoms with E-state index in [2.05, 4.69) is 5.16 Å². The highest BCUT2D eigenvalue weighted by atomic mass is 16.5. The van der Waals surface area contributed by atoms with Crippen molar-refractivity contribution in [3.05, 3.63) is 36.4 Å². The number of anilines is 1. The second-order valence-corrected chi connectivity index (χ2v) is 4.17. The summed E-state index contributed by atoms with van der Waals surface area (Å²) in [7, 11) is 1.56. The van der Waals surface area contributed by atoms with Crippen LogP contribution in [-0.2, 0) is 0 Å². The highest BCUT2D eigenvalue weighted by Gasteiger charge is 2.13. The molecule has 0 atom stereocenters. The standard InChI is InChI=1S/C14H12N2O3/c1-18-12-7-9(8-3-2-4-10(17)5-8)6-11-13(12)14(15)19-16-11/h2-7,17H,15H2,1H3. The molecule has 0 saturated carbocycles. The molecule has 2 aromatic carbocycles. The van der Waals surface area contributed by atoms with Gasteiger partial charge in [-0.3, -0.25) is 0 Å². The number of ether oxygens (including phenoxy) is 1. The van der Waals surface area contributed by atoms with Crippen molar-refractivity contribution in [2.45, 2.75) is 0 Å². The number of aromatic nitrogens is 1. The lowest BCUT2D eigenvalue weighted by Gasteiger charge is -2.06. The summed E-state index contributed by atoms with van der Waals surface area (Å²) >= 11 is 0. The van der Waals surface area contributed by atoms with Crippen LogP contribution in [0.2, 0.25) is 0 Å². The number of nitrogen functional groups attached to an aromatic ring is 1. The third kappa shape index (κ3) is 1.85. The molecular formula is C14H12N2O3. The van der Waals surface area contributed by atoms with Gasteiger partial charge in [0.2, 0.25) is 5.88 Å². The van der Waals surface area contributed by atoms with Crippen LogP contribution >= 0.6 is 0 Å². The third-order valence-corrected chi connectivity index (χ3v) is 2.97. The fraction of sp³-hybridized carbons (Fsp3) is 0.0714. The molecule has 0 aliphatic rings. The van der Waals surface area contributed by atoms with E-state index in [-0.39, 0.29) is 11.6 Å². The van der Waals surface area contributed by atoms with Crippen molar-refractivity contribution in [3.8, 4) is 22.6 Å². The van der Waals surface area contributed by atoms with Crippen LogP contribution in [0.25, 0.3) is 22.0 Å². The fourth-order valence-corrected chi connectivity index (χ4v) is 2.08. The summed E-state index contributed by atoms with van der Waals surface area (Å²) in [5.41, 5.74) is 8.07. The number of benzene rings is 2. The number of rotatable bonds is 2. The summed E-state index contributed by atoms with van der Waals surface area (Å²) in [6, 6.07) is 10.6. The normalized spacial score (nSPS) is 10.8. The van der Waals surface area contributed by atoms with Crippen LogP contribution in [0.4, 0.5) is 5.88 Å². The summed E-state index contributed by atoms with van der Waals surface area (Å²) in [6.45, 7) is 0. The van der Waals surface area contributed by atoms with Gasteiger partial charge in [0.15, 0.2) is 0 Å². The average Bonchev–Trinajstić information content (AvgIpc) is 2.80. The van der Waals surface area contributed by atoms with Crippen LogP contribution in [0, 0.1) is 0 Å². The zero-order valence-corrected chi connectivity index (χ0v) is 10.3. The molecule has 1 heterocycles. The van der Waals surface area contributed by atoms with Crippen LogP contribution in [0.1, 0.15) is 0 Å². The number of nitrogens with two attached hydrogens (primary N) is 1. The summed E-state index contributed by atoms with van der Waals surface area (Å²) < 4.78 is 10.3. The van der Waals surface area contributed by atoms with Crippen LogP contribution in [0.15, 0.2) is 40.9 Å². The number of phenols is 1. The summed E-state index contributed by atoms with van der Waals surface area (Å²) in [5.74, 6) is 1.03. The van der Waals surface area contributed by atoms with E-state index in [9.17, 15) is 5.11 Å². The van der Waals surface area contributed by atoms with Crippen molar-refractivity contribution >= 4 is 16.8 Å². The number of methoxy groups -OCH3 is 1. The van der Waals surface area contributed by atoms with Crippen molar-refractivity contribution in [2.75, 3.05) is 12.8 Å². The number of fused-ring (bicyclic) bond motifs is 1. The smallest absolute Gasteiger partial charge is 0.233 e. The first kappa shape index (κ1) is 11.4. The van der Waals surface area contributed by atoms with Crippen molar-refractivity contribution in [1.29, 1.82) is 0 Å². The largest absolute Gasteiger partial charge is 0.508 e. The van der Waals surface area contributed by atoms with Gasteiger partial charge in [-0.2, -0.15) is 0 Å². The maximum atomic E-state index is 9.53. The number of nitrogens with zero attached hydrogens (tertiary/aromatic N) is 1. The van der Waals surface area contributed by atoms with Gasteiger partial charge < -0.3 is 20.1 Å². The van der Waals surface area contributed by atoms with Crippen molar-refractivity contribution < 1.29 is 14.4 Å². The maximum absolute atomic E-state index is 9.53. The zero-order valence-electron chi connectivity index (χ0n) is 10.3. The lowest BCUT2D eigenvalue weighted by Crippen LogP contribution is -1.89. The zero-order chi connectivity index (χ0) is 13.4. The van der Waals surface area contributed by atoms with Gasteiger partial charge in [0.05, 0.1) is 7.11 Å². The molecule has 0 amide bonds. The molecule has 5 nitrogen and oxygen atoms in total. The molecule has 0 bridgehead atoms. The Bertz CT molecular complexity index is 750. The molecule has 5 heteroatoms. The molecule has 0 unspecified atom stereocenters. The van der Waals surface area contributed by atoms with Gasteiger partial charge >= 0.3 is 0 Å². The second-order valence-electron chi connectivity index (χ2n) is 4.17. The molecule has 0 radical (unpaired) electrons. The van der Waals surface area contributed by atoms with E-state index in [1.807, 2.05) is 18.2 Å². The quantitative estimate of drug-likeness (QED) is 0.736. The van der Waals surface area contributed by atoms with E-state index in [1.54, 1.807) is 25.3 Å². The minimum absolute atomic E-state index is 0.205. The van der Waals surface area contributed by atoms with E-state index in [0.717, 1.165) is 11.1 Å². The van der Waals surface area contributed by atoms with Crippen LogP contribution in [0.3, 0.4) is 0 Å². The molecular weight excluding hydrogens is 244 g/mol. The SMILES string of the molecule is COc1cc(-c2cccc(O)c2)cc2noc(N)c12. The Morgan fingerprint density at radius 3 is 2.79 bits per heavy atom. The number of phenolic OH excluding ortho intramolecular Hbond substituents is 1. The summed E-state index contributed by atoms with van der Waals surface area (Å²) in [6.07, 6.45) is 0. The van der Waals surface area contributed by atoms with Crippen LogP contribution in [0.5, 0.6) is 11.5 Å². The Hall–Kier alpha value is -2.69. The van der Waals surface area contributed by atoms with E-state index < -0.39 is 0 Å². The molecule has 3 N–H and O–H groups in total. The van der Waals surface area contributed by atoms with Crippen LogP contribution in [-0.4, -0.2) is 17.4 Å². The highest BCUT2D eigenvalue weighted by Crippen LogP contribution is 2.36. The number of aromatic hydroxyl groups is 1. The Morgan fingerprint density at radius 1 is 1.21 bits per heavy atom. The molecule has 0 aliphatic carbocycles. The van der Waals surface area contributed by atoms with Gasteiger partial charge in [-0.1, -0.05) is 17.3 Å². The predicted molar refractivity (Wildman–Crippen MR) is 72.1 cm³/mol. The van der Waals surface area contributed by atoms with E-state index >= 15 is 0 Å². The van der Waals surface area contributed by atoms with E-state index in [1.165, 1.54) is 0 Å². The van der Waals surface area contributed by atoms with Crippen LogP contribution < -0.4 is 10.5 Å². The number of hydrogen-bond acceptors (Lipinski definition) is 5. The molecule has 3 rings (SSSR count). The lowest BCUT2D eigenvalue weighted by molar-refractivity contribution is 0.419. The van der Waals surface area contributed by atoms with E-state index in [4.69, 9.17) is 15.0 Å². The van der Waals surface area contributed by atoms with Gasteiger partial charge in [-0.05, 0) is 35.4 Å². The summed E-state index contributed by atoms with van der Waals surface area (Å²) in [5, 5.41) is 14.1. The highest BCUT2D eigenvalue weighted by molar-refractivity contribution is 5.96. The molecule has 96 valence electrons. The molecule has 0 saturated heterocycles. The van der Waals surface area contributed by atoms with Crippen molar-refractivity contribution in [3.63, 3.8) is 0 Å². The van der Waals surface area contributed by atoms with Crippen molar-refractivity contribution in [1.82, 2.24) is 5.16 Å². The van der Waals surface area contributed by atoms with Gasteiger partial charge in [0.25, 0.3) is 0 Å². The third-order valence-electron chi connectivity index (χ3n) is 2.97. The molecule has 1 aromatic heterocycles. The van der Waals surface area contributed by atoms with Gasteiger partial charge in [-0.15, -0.1) is 0 Å². The average molecular weight is 256 g/mol. The molecule has 3 aromatic rings. The monoisotopic (exact) mass is 256 g/mol. The molecule has 0 fully saturated rings. The lowest BCUT2D eigenvalue weighted by atomic mass is 10.0. The predicted octanol–water partition coefficient (Wildman–Crippen LogP) is 2.79. The van der Waals surface area contributed by atoms with Crippen molar-refractivity contribution in [2.24, 2.45) is 0 Å². The summed E-state index contributed by atoms with van der Waals surface area (Å²) in [4.78, 5) is 0. The fourth-order valence-electron chi connectivity index (χ4n) is 2.08. The topological polar surface area (TPSA) is 81.5 Å². The minimum Gasteiger partial charge on any atom is -0.508 e. The molecule has 0 aliphatic heterocycles. The first-order chi connectivity index (χ1) is 9.19. The van der Waals surface area contributed by atoms with Gasteiger partial charge in [-0.25, -0.2) is 0 Å². The molecule has 0 spiro atoms. The van der Waals surface area contributed by atoms with Gasteiger partial charge in [0, 0.05) is 0 Å². The first-order valence-corrected chi connectivity index (χ1v) is 5.71. The van der Waals surface area contributed by atoms with E-state index in [0.29, 0.717) is 16.7 Å². The first-order valence-electron chi connectivity index (χ1n) is 5.71. The maximum Gasteiger partial charge on any atom is 0.233 e. The Morgan fingerprint density at radius 2 is 2.05 bits per heavy atom.